The SMILES string of the molecule is Cc1ccc([O-])c(C=NC(C)(C)C(C)(C)N=Cc2cc(C)ccc2[O-])c1.Cc1ccc([O-])c(C=NC(C)(C)C(C)(C)N=Cc2cc(C)ccc2[O-])c1.O=[N+]([O-])[O-].O=[N+]([O-])[O-].[Mn+3].[Mn+3]. The molecule has 0 saturated carbocycles. The van der Waals surface area contributed by atoms with E-state index in [-0.39, 0.29) is 57.1 Å². The molecule has 0 heterocycles. The van der Waals surface area contributed by atoms with Crippen LogP contribution >= 0.6 is 0 Å². The number of aliphatic imine (C=N–C) groups is 4. The van der Waals surface area contributed by atoms with Crippen molar-refractivity contribution in [1.29, 1.82) is 0 Å². The third-order valence-corrected chi connectivity index (χ3v) is 9.76. The van der Waals surface area contributed by atoms with Crippen LogP contribution in [0.3, 0.4) is 0 Å². The van der Waals surface area contributed by atoms with E-state index < -0.39 is 32.3 Å². The van der Waals surface area contributed by atoms with Gasteiger partial charge in [0, 0.05) is 24.9 Å². The van der Waals surface area contributed by atoms with E-state index in [1.807, 2.05) is 107 Å². The Balaban J connectivity index is 0. The summed E-state index contributed by atoms with van der Waals surface area (Å²) in [5, 5.41) is 77.3. The molecule has 18 heteroatoms. The summed E-state index contributed by atoms with van der Waals surface area (Å²) < 4.78 is 0. The fourth-order valence-corrected chi connectivity index (χ4v) is 4.63. The minimum absolute atomic E-state index is 0. The summed E-state index contributed by atoms with van der Waals surface area (Å²) in [6.45, 7) is 23.5. The minimum atomic E-state index is -1.75. The maximum atomic E-state index is 12.0. The van der Waals surface area contributed by atoms with Gasteiger partial charge in [-0.2, -0.15) is 0 Å². The van der Waals surface area contributed by atoms with E-state index in [0.717, 1.165) is 22.3 Å². The summed E-state index contributed by atoms with van der Waals surface area (Å²) in [5.41, 5.74) is 4.09. The molecule has 16 nitrogen and oxygen atoms in total. The first-order valence-electron chi connectivity index (χ1n) is 18.4. The molecular weight excluding hydrogens is 882 g/mol. The van der Waals surface area contributed by atoms with Gasteiger partial charge in [-0.3, -0.25) is 20.0 Å². The van der Waals surface area contributed by atoms with Crippen molar-refractivity contribution >= 4 is 24.9 Å². The quantitative estimate of drug-likeness (QED) is 0.0710. The minimum Gasteiger partial charge on any atom is -0.872 e. The molecule has 0 N–H and O–H groups in total. The Kier molecular flexibility index (Phi) is 23.7. The van der Waals surface area contributed by atoms with Crippen LogP contribution in [0.5, 0.6) is 23.0 Å². The summed E-state index contributed by atoms with van der Waals surface area (Å²) >= 11 is 0. The van der Waals surface area contributed by atoms with Crippen molar-refractivity contribution in [2.24, 2.45) is 20.0 Å². The first-order valence-corrected chi connectivity index (χ1v) is 18.4. The molecule has 0 amide bonds. The van der Waals surface area contributed by atoms with Gasteiger partial charge >= 0.3 is 34.1 Å². The zero-order valence-corrected chi connectivity index (χ0v) is 39.1. The summed E-state index contributed by atoms with van der Waals surface area (Å²) in [5.74, 6) is -0.196. The molecule has 0 aliphatic heterocycles. The number of hydrogen-bond acceptors (Lipinski definition) is 14. The smallest absolute Gasteiger partial charge is 0.872 e. The van der Waals surface area contributed by atoms with Crippen LogP contribution in [-0.4, -0.2) is 57.2 Å². The van der Waals surface area contributed by atoms with E-state index in [9.17, 15) is 20.4 Å². The second kappa shape index (κ2) is 25.2. The van der Waals surface area contributed by atoms with Gasteiger partial charge in [0.25, 0.3) is 0 Å². The second-order valence-corrected chi connectivity index (χ2v) is 15.9. The third kappa shape index (κ3) is 19.7. The van der Waals surface area contributed by atoms with Crippen LogP contribution < -0.4 is 20.4 Å². The average molecular weight is 935 g/mol. The molecule has 4 rings (SSSR count). The van der Waals surface area contributed by atoms with Gasteiger partial charge in [0.15, 0.2) is 0 Å². The Morgan fingerprint density at radius 2 is 0.532 bits per heavy atom. The van der Waals surface area contributed by atoms with Crippen LogP contribution in [0.15, 0.2) is 92.8 Å². The van der Waals surface area contributed by atoms with E-state index in [1.165, 1.54) is 0 Å². The number of benzene rings is 4. The summed E-state index contributed by atoms with van der Waals surface area (Å²) in [6.07, 6.45) is 6.49. The second-order valence-electron chi connectivity index (χ2n) is 15.9. The molecule has 4 aromatic rings. The van der Waals surface area contributed by atoms with Crippen LogP contribution in [0.2, 0.25) is 0 Å². The van der Waals surface area contributed by atoms with Crippen molar-refractivity contribution in [3.05, 3.63) is 148 Å². The van der Waals surface area contributed by atoms with Crippen LogP contribution in [-0.2, 0) is 34.1 Å². The molecule has 0 saturated heterocycles. The van der Waals surface area contributed by atoms with Crippen molar-refractivity contribution in [3.63, 3.8) is 0 Å². The molecule has 0 spiro atoms. The van der Waals surface area contributed by atoms with Gasteiger partial charge in [0.1, 0.15) is 0 Å². The molecule has 332 valence electrons. The standard InChI is InChI=1S/2C22H28N2O2.2Mn.2NO3/c2*1-15-7-9-19(25)17(11-15)13-23-21(3,4)22(5,6)24-14-18-12-16(2)8-10-20(18)26;;;2*2-1(3)4/h2*7-14,25-26H,1-6H3;;;;/q;;2*+3;2*-1/p-4. The fraction of sp³-hybridized carbons (Fsp3) is 0.364. The van der Waals surface area contributed by atoms with Crippen molar-refractivity contribution in [2.45, 2.75) is 105 Å². The number of nitrogens with zero attached hydrogens (tertiary/aromatic N) is 6. The Hall–Kier alpha value is -5.80. The molecule has 0 aromatic heterocycles. The third-order valence-electron chi connectivity index (χ3n) is 9.76. The predicted molar refractivity (Wildman–Crippen MR) is 230 cm³/mol. The monoisotopic (exact) mass is 934 g/mol. The summed E-state index contributed by atoms with van der Waals surface area (Å²) in [7, 11) is 0. The van der Waals surface area contributed by atoms with Crippen LogP contribution in [0.25, 0.3) is 0 Å². The number of hydrogen-bond donors (Lipinski definition) is 0. The Morgan fingerprint density at radius 3 is 0.677 bits per heavy atom. The van der Waals surface area contributed by atoms with E-state index >= 15 is 0 Å². The van der Waals surface area contributed by atoms with Gasteiger partial charge in [-0.15, -0.1) is 23.0 Å². The molecule has 0 bridgehead atoms. The van der Waals surface area contributed by atoms with Crippen LogP contribution in [0, 0.1) is 58.3 Å². The van der Waals surface area contributed by atoms with E-state index in [4.69, 9.17) is 30.6 Å². The van der Waals surface area contributed by atoms with Gasteiger partial charge in [-0.05, 0) is 105 Å². The first kappa shape index (κ1) is 58.3. The Bertz CT molecular complexity index is 1920. The van der Waals surface area contributed by atoms with Gasteiger partial charge in [-0.1, -0.05) is 95.1 Å². The van der Waals surface area contributed by atoms with E-state index in [0.29, 0.717) is 22.3 Å². The molecular formula is C44H52Mn2N6O10. The molecule has 0 fully saturated rings. The maximum absolute atomic E-state index is 12.0. The predicted octanol–water partition coefficient (Wildman–Crippen LogP) is 6.61. The van der Waals surface area contributed by atoms with Crippen molar-refractivity contribution in [2.75, 3.05) is 0 Å². The Morgan fingerprint density at radius 1 is 0.387 bits per heavy atom. The molecule has 0 radical (unpaired) electrons. The Labute approximate surface area is 384 Å². The van der Waals surface area contributed by atoms with Gasteiger partial charge in [0.05, 0.1) is 32.3 Å². The average Bonchev–Trinajstić information content (AvgIpc) is 3.13. The van der Waals surface area contributed by atoms with E-state index in [1.54, 1.807) is 73.4 Å². The topological polar surface area (TPSA) is 274 Å². The molecule has 62 heavy (non-hydrogen) atoms. The normalized spacial score (nSPS) is 11.7. The zero-order valence-electron chi connectivity index (χ0n) is 36.8. The molecule has 0 atom stereocenters. The summed E-state index contributed by atoms with van der Waals surface area (Å²) in [4.78, 5) is 35.0. The number of aryl methyl sites for hydroxylation is 4. The van der Waals surface area contributed by atoms with Crippen LogP contribution in [0.1, 0.15) is 99.9 Å². The van der Waals surface area contributed by atoms with Gasteiger partial charge in [0.2, 0.25) is 0 Å². The first-order chi connectivity index (χ1) is 27.5. The molecule has 0 aliphatic rings. The summed E-state index contributed by atoms with van der Waals surface area (Å²) in [6, 6.07) is 20.7. The van der Waals surface area contributed by atoms with Crippen molar-refractivity contribution < 1.29 is 64.7 Å². The maximum Gasteiger partial charge on any atom is 3.00 e. The zero-order chi connectivity index (χ0) is 46.2. The van der Waals surface area contributed by atoms with Gasteiger partial charge in [-0.25, -0.2) is 0 Å². The van der Waals surface area contributed by atoms with Gasteiger partial charge < -0.3 is 51.1 Å². The van der Waals surface area contributed by atoms with Crippen molar-refractivity contribution in [3.8, 4) is 23.0 Å². The van der Waals surface area contributed by atoms with Crippen LogP contribution in [0.4, 0.5) is 0 Å². The number of rotatable bonds is 10. The molecule has 4 aromatic carbocycles. The largest absolute Gasteiger partial charge is 3.00 e. The molecule has 0 aliphatic carbocycles. The fourth-order valence-electron chi connectivity index (χ4n) is 4.63. The van der Waals surface area contributed by atoms with Crippen molar-refractivity contribution in [1.82, 2.24) is 0 Å². The molecule has 0 unspecified atom stereocenters. The van der Waals surface area contributed by atoms with E-state index in [2.05, 4.69) is 20.0 Å².